The third-order valence-electron chi connectivity index (χ3n) is 1.17. The second-order valence-corrected chi connectivity index (χ2v) is 2.85. The van der Waals surface area contributed by atoms with E-state index in [0.717, 1.165) is 11.8 Å². The average Bonchev–Trinajstić information content (AvgIpc) is 2.53. The van der Waals surface area contributed by atoms with E-state index in [0.29, 0.717) is 17.8 Å². The molecule has 0 amide bonds. The maximum absolute atomic E-state index is 10.2. The fourth-order valence-corrected chi connectivity index (χ4v) is 0.878. The number of alkyl halides is 1. The van der Waals surface area contributed by atoms with Crippen LogP contribution in [0.1, 0.15) is 22.7 Å². The molecule has 0 unspecified atom stereocenters. The summed E-state index contributed by atoms with van der Waals surface area (Å²) in [6, 6.07) is 3.29. The Kier molecular flexibility index (Phi) is 3.62. The molecule has 1 aromatic heterocycles. The fraction of sp³-hybridized carbons (Fsp3) is 0.222. The Bertz CT molecular complexity index is 317. The van der Waals surface area contributed by atoms with Crippen molar-refractivity contribution in [2.45, 2.75) is 6.42 Å². The van der Waals surface area contributed by atoms with Crippen LogP contribution in [0, 0.1) is 11.8 Å². The summed E-state index contributed by atoms with van der Waals surface area (Å²) in [5.41, 5.74) is 0. The fourth-order valence-electron chi connectivity index (χ4n) is 0.680. The van der Waals surface area contributed by atoms with Gasteiger partial charge in [0.25, 0.3) is 0 Å². The number of rotatable bonds is 2. The van der Waals surface area contributed by atoms with Crippen molar-refractivity contribution in [2.24, 2.45) is 0 Å². The van der Waals surface area contributed by atoms with Crippen LogP contribution < -0.4 is 0 Å². The van der Waals surface area contributed by atoms with Crippen molar-refractivity contribution in [1.29, 1.82) is 0 Å². The van der Waals surface area contributed by atoms with Gasteiger partial charge in [-0.05, 0) is 18.1 Å². The normalized spacial score (nSPS) is 8.75. The van der Waals surface area contributed by atoms with Gasteiger partial charge in [0.1, 0.15) is 0 Å². The van der Waals surface area contributed by atoms with Gasteiger partial charge in [-0.15, -0.1) is 0 Å². The third kappa shape index (κ3) is 2.55. The van der Waals surface area contributed by atoms with Gasteiger partial charge < -0.3 is 4.42 Å². The topological polar surface area (TPSA) is 30.2 Å². The van der Waals surface area contributed by atoms with Crippen LogP contribution in [0.5, 0.6) is 0 Å². The van der Waals surface area contributed by atoms with Crippen LogP contribution in [-0.2, 0) is 0 Å². The van der Waals surface area contributed by atoms with Crippen LogP contribution in [0.15, 0.2) is 16.5 Å². The van der Waals surface area contributed by atoms with Gasteiger partial charge in [0, 0.05) is 11.8 Å². The Morgan fingerprint density at radius 3 is 3.00 bits per heavy atom. The predicted molar refractivity (Wildman–Crippen MR) is 49.4 cm³/mol. The average molecular weight is 227 g/mol. The second kappa shape index (κ2) is 4.78. The van der Waals surface area contributed by atoms with E-state index in [1.165, 1.54) is 0 Å². The minimum Gasteiger partial charge on any atom is -0.445 e. The number of hydrogen-bond acceptors (Lipinski definition) is 2. The Morgan fingerprint density at radius 1 is 1.58 bits per heavy atom. The number of hydrogen-bond donors (Lipinski definition) is 0. The molecule has 1 rings (SSSR count). The summed E-state index contributed by atoms with van der Waals surface area (Å²) in [7, 11) is 0. The first-order valence-corrected chi connectivity index (χ1v) is 4.59. The Balaban J connectivity index is 2.65. The molecular formula is C9H7BrO2. The summed E-state index contributed by atoms with van der Waals surface area (Å²) in [5, 5.41) is 0.848. The van der Waals surface area contributed by atoms with Crippen LogP contribution in [0.4, 0.5) is 0 Å². The quantitative estimate of drug-likeness (QED) is 0.440. The molecule has 0 aliphatic heterocycles. The molecule has 0 saturated heterocycles. The van der Waals surface area contributed by atoms with Crippen LogP contribution >= 0.6 is 15.9 Å². The summed E-state index contributed by atoms with van der Waals surface area (Å²) in [5.74, 6) is 6.53. The lowest BCUT2D eigenvalue weighted by atomic mass is 10.4. The standard InChI is InChI=1S/C9H7BrO2/c10-6-2-1-3-8-4-5-9(7-11)12-8/h4-5,7H,2,6H2. The van der Waals surface area contributed by atoms with Gasteiger partial charge in [-0.3, -0.25) is 4.79 Å². The molecule has 0 radical (unpaired) electrons. The minimum absolute atomic E-state index is 0.318. The number of aldehydes is 1. The van der Waals surface area contributed by atoms with Crippen molar-refractivity contribution in [2.75, 3.05) is 5.33 Å². The maximum Gasteiger partial charge on any atom is 0.185 e. The Morgan fingerprint density at radius 2 is 2.42 bits per heavy atom. The first kappa shape index (κ1) is 9.08. The number of carbonyl (C=O) groups excluding carboxylic acids is 1. The van der Waals surface area contributed by atoms with Crippen LogP contribution in [0.2, 0.25) is 0 Å². The molecule has 2 nitrogen and oxygen atoms in total. The molecule has 0 aromatic carbocycles. The largest absolute Gasteiger partial charge is 0.445 e. The summed E-state index contributed by atoms with van der Waals surface area (Å²) < 4.78 is 5.02. The van der Waals surface area contributed by atoms with Gasteiger partial charge in [-0.2, -0.15) is 0 Å². The highest BCUT2D eigenvalue weighted by molar-refractivity contribution is 9.09. The van der Waals surface area contributed by atoms with E-state index < -0.39 is 0 Å². The molecule has 0 N–H and O–H groups in total. The van der Waals surface area contributed by atoms with Crippen molar-refractivity contribution in [3.63, 3.8) is 0 Å². The minimum atomic E-state index is 0.318. The summed E-state index contributed by atoms with van der Waals surface area (Å²) in [4.78, 5) is 10.2. The monoisotopic (exact) mass is 226 g/mol. The third-order valence-corrected chi connectivity index (χ3v) is 1.57. The van der Waals surface area contributed by atoms with Crippen LogP contribution in [-0.4, -0.2) is 11.6 Å². The molecule has 0 bridgehead atoms. The highest BCUT2D eigenvalue weighted by atomic mass is 79.9. The van der Waals surface area contributed by atoms with Crippen molar-refractivity contribution in [1.82, 2.24) is 0 Å². The first-order chi connectivity index (χ1) is 5.86. The molecule has 3 heteroatoms. The molecule has 0 aliphatic rings. The lowest BCUT2D eigenvalue weighted by Gasteiger charge is -1.79. The zero-order valence-corrected chi connectivity index (χ0v) is 7.93. The molecule has 1 heterocycles. The molecule has 1 aromatic rings. The zero-order chi connectivity index (χ0) is 8.81. The van der Waals surface area contributed by atoms with Crippen LogP contribution in [0.3, 0.4) is 0 Å². The van der Waals surface area contributed by atoms with Gasteiger partial charge in [-0.25, -0.2) is 0 Å². The molecule has 0 aliphatic carbocycles. The second-order valence-electron chi connectivity index (χ2n) is 2.06. The van der Waals surface area contributed by atoms with Crippen molar-refractivity contribution in [3.05, 3.63) is 23.7 Å². The molecule has 0 saturated carbocycles. The van der Waals surface area contributed by atoms with Gasteiger partial charge in [0.15, 0.2) is 17.8 Å². The molecule has 12 heavy (non-hydrogen) atoms. The van der Waals surface area contributed by atoms with E-state index in [2.05, 4.69) is 27.8 Å². The zero-order valence-electron chi connectivity index (χ0n) is 6.34. The number of halogens is 1. The molecule has 0 spiro atoms. The molecule has 62 valence electrons. The molecule has 0 atom stereocenters. The number of carbonyl (C=O) groups is 1. The summed E-state index contributed by atoms with van der Waals surface area (Å²) >= 11 is 3.25. The van der Waals surface area contributed by atoms with E-state index in [4.69, 9.17) is 4.42 Å². The Hall–Kier alpha value is -1.01. The van der Waals surface area contributed by atoms with Gasteiger partial charge >= 0.3 is 0 Å². The van der Waals surface area contributed by atoms with Gasteiger partial charge in [0.05, 0.1) is 0 Å². The predicted octanol–water partition coefficient (Wildman–Crippen LogP) is 2.23. The molecular weight excluding hydrogens is 220 g/mol. The SMILES string of the molecule is O=Cc1ccc(C#CCCBr)o1. The van der Waals surface area contributed by atoms with E-state index in [1.807, 2.05) is 0 Å². The number of furan rings is 1. The van der Waals surface area contributed by atoms with E-state index in [9.17, 15) is 4.79 Å². The highest BCUT2D eigenvalue weighted by Gasteiger charge is 1.95. The van der Waals surface area contributed by atoms with E-state index in [-0.39, 0.29) is 0 Å². The van der Waals surface area contributed by atoms with Crippen molar-refractivity contribution < 1.29 is 9.21 Å². The van der Waals surface area contributed by atoms with Gasteiger partial charge in [-0.1, -0.05) is 21.9 Å². The van der Waals surface area contributed by atoms with E-state index in [1.54, 1.807) is 12.1 Å². The molecule has 0 fully saturated rings. The van der Waals surface area contributed by atoms with E-state index >= 15 is 0 Å². The lowest BCUT2D eigenvalue weighted by Crippen LogP contribution is -1.70. The smallest absolute Gasteiger partial charge is 0.185 e. The summed E-state index contributed by atoms with van der Waals surface area (Å²) in [6.45, 7) is 0. The van der Waals surface area contributed by atoms with Crippen molar-refractivity contribution >= 4 is 22.2 Å². The highest BCUT2D eigenvalue weighted by Crippen LogP contribution is 2.03. The lowest BCUT2D eigenvalue weighted by molar-refractivity contribution is 0.110. The Labute approximate surface area is 79.1 Å². The summed E-state index contributed by atoms with van der Waals surface area (Å²) in [6.07, 6.45) is 1.44. The first-order valence-electron chi connectivity index (χ1n) is 3.46. The van der Waals surface area contributed by atoms with Crippen molar-refractivity contribution in [3.8, 4) is 11.8 Å². The van der Waals surface area contributed by atoms with Crippen LogP contribution in [0.25, 0.3) is 0 Å². The van der Waals surface area contributed by atoms with Gasteiger partial charge in [0.2, 0.25) is 0 Å². The maximum atomic E-state index is 10.2.